The van der Waals surface area contributed by atoms with E-state index >= 15 is 0 Å². The van der Waals surface area contributed by atoms with E-state index in [1.807, 2.05) is 60.8 Å². The molecule has 0 aliphatic rings. The molecular weight excluding hydrogens is 324 g/mol. The van der Waals surface area contributed by atoms with Crippen LogP contribution in [0, 0.1) is 0 Å². The Morgan fingerprint density at radius 3 is 2.62 bits per heavy atom. The van der Waals surface area contributed by atoms with Crippen molar-refractivity contribution in [2.75, 3.05) is 5.32 Å². The molecule has 5 nitrogen and oxygen atoms in total. The normalized spacial score (nSPS) is 11.2. The fourth-order valence-electron chi connectivity index (χ4n) is 2.69. The van der Waals surface area contributed by atoms with E-state index in [4.69, 9.17) is 0 Å². The summed E-state index contributed by atoms with van der Waals surface area (Å²) >= 11 is 0. The predicted octanol–water partition coefficient (Wildman–Crippen LogP) is 4.10. The van der Waals surface area contributed by atoms with Crippen molar-refractivity contribution in [2.45, 2.75) is 26.3 Å². The number of amides is 1. The molecule has 0 radical (unpaired) electrons. The van der Waals surface area contributed by atoms with Gasteiger partial charge in [0.05, 0.1) is 12.7 Å². The summed E-state index contributed by atoms with van der Waals surface area (Å²) in [6, 6.07) is 17.9. The maximum Gasteiger partial charge on any atom is 0.248 e. The number of aromatic nitrogens is 3. The summed E-state index contributed by atoms with van der Waals surface area (Å²) in [6.07, 6.45) is 4.97. The number of hydrogen-bond acceptors (Lipinski definition) is 3. The average molecular weight is 346 g/mol. The summed E-state index contributed by atoms with van der Waals surface area (Å²) in [5, 5.41) is 11.1. The van der Waals surface area contributed by atoms with E-state index in [1.54, 1.807) is 10.8 Å². The summed E-state index contributed by atoms with van der Waals surface area (Å²) in [5.74, 6) is 0.157. The zero-order chi connectivity index (χ0) is 18.4. The molecule has 0 aliphatic carbocycles. The zero-order valence-corrected chi connectivity index (χ0v) is 15.0. The van der Waals surface area contributed by atoms with Crippen LogP contribution in [0.3, 0.4) is 0 Å². The van der Waals surface area contributed by atoms with E-state index in [0.29, 0.717) is 18.2 Å². The second-order valence-corrected chi connectivity index (χ2v) is 6.39. The van der Waals surface area contributed by atoms with Crippen LogP contribution in [-0.4, -0.2) is 20.9 Å². The van der Waals surface area contributed by atoms with Crippen molar-refractivity contribution >= 4 is 17.7 Å². The molecule has 3 aromatic rings. The fraction of sp³-hybridized carbons (Fsp3) is 0.190. The van der Waals surface area contributed by atoms with Crippen LogP contribution in [-0.2, 0) is 11.3 Å². The first-order valence-corrected chi connectivity index (χ1v) is 8.64. The van der Waals surface area contributed by atoms with Crippen LogP contribution in [0.15, 0.2) is 66.9 Å². The molecule has 0 bridgehead atoms. The number of carbonyl (C=O) groups is 1. The predicted molar refractivity (Wildman–Crippen MR) is 104 cm³/mol. The minimum absolute atomic E-state index is 0.185. The van der Waals surface area contributed by atoms with Crippen LogP contribution in [0.1, 0.15) is 36.6 Å². The van der Waals surface area contributed by atoms with Crippen molar-refractivity contribution in [1.82, 2.24) is 15.0 Å². The third-order valence-corrected chi connectivity index (χ3v) is 3.99. The van der Waals surface area contributed by atoms with Gasteiger partial charge in [-0.1, -0.05) is 67.6 Å². The smallest absolute Gasteiger partial charge is 0.248 e. The first kappa shape index (κ1) is 17.6. The highest BCUT2D eigenvalue weighted by molar-refractivity contribution is 6.02. The Labute approximate surface area is 153 Å². The minimum Gasteiger partial charge on any atom is -0.322 e. The third kappa shape index (κ3) is 4.66. The summed E-state index contributed by atoms with van der Waals surface area (Å²) < 4.78 is 1.75. The highest BCUT2D eigenvalue weighted by Gasteiger charge is 2.07. The van der Waals surface area contributed by atoms with E-state index in [9.17, 15) is 4.79 Å². The molecule has 1 N–H and O–H groups in total. The Morgan fingerprint density at radius 1 is 1.12 bits per heavy atom. The lowest BCUT2D eigenvalue weighted by molar-refractivity contribution is -0.111. The Bertz CT molecular complexity index is 897. The standard InChI is InChI=1S/C21H22N4O/c1-16(2)19-10-6-7-11-20(19)22-21(26)13-12-18-15-25(24-23-18)14-17-8-4-3-5-9-17/h3-13,15-16H,14H2,1-2H3,(H,22,26)/b13-12+. The Hall–Kier alpha value is -3.21. The fourth-order valence-corrected chi connectivity index (χ4v) is 2.69. The number of nitrogens with one attached hydrogen (secondary N) is 1. The second kappa shape index (κ2) is 8.25. The Morgan fingerprint density at radius 2 is 1.85 bits per heavy atom. The van der Waals surface area contributed by atoms with Crippen LogP contribution in [0.25, 0.3) is 6.08 Å². The molecule has 0 fully saturated rings. The minimum atomic E-state index is -0.185. The SMILES string of the molecule is CC(C)c1ccccc1NC(=O)/C=C/c1cn(Cc2ccccc2)nn1. The van der Waals surface area contributed by atoms with Gasteiger partial charge >= 0.3 is 0 Å². The lowest BCUT2D eigenvalue weighted by Crippen LogP contribution is -2.10. The van der Waals surface area contributed by atoms with Crippen molar-refractivity contribution in [3.63, 3.8) is 0 Å². The van der Waals surface area contributed by atoms with Gasteiger partial charge in [0.1, 0.15) is 5.69 Å². The van der Waals surface area contributed by atoms with E-state index in [-0.39, 0.29) is 5.91 Å². The lowest BCUT2D eigenvalue weighted by Gasteiger charge is -2.12. The molecule has 0 atom stereocenters. The monoisotopic (exact) mass is 346 g/mol. The molecule has 0 aliphatic heterocycles. The van der Waals surface area contributed by atoms with Gasteiger partial charge in [0.2, 0.25) is 5.91 Å². The van der Waals surface area contributed by atoms with E-state index in [2.05, 4.69) is 29.5 Å². The van der Waals surface area contributed by atoms with Crippen LogP contribution in [0.5, 0.6) is 0 Å². The van der Waals surface area contributed by atoms with Gasteiger partial charge in [-0.05, 0) is 29.2 Å². The van der Waals surface area contributed by atoms with Crippen LogP contribution in [0.4, 0.5) is 5.69 Å². The van der Waals surface area contributed by atoms with Crippen molar-refractivity contribution in [3.05, 3.63) is 83.7 Å². The van der Waals surface area contributed by atoms with Gasteiger partial charge in [0.15, 0.2) is 0 Å². The van der Waals surface area contributed by atoms with E-state index < -0.39 is 0 Å². The zero-order valence-electron chi connectivity index (χ0n) is 15.0. The highest BCUT2D eigenvalue weighted by Crippen LogP contribution is 2.23. The summed E-state index contributed by atoms with van der Waals surface area (Å²) in [4.78, 5) is 12.2. The van der Waals surface area contributed by atoms with Crippen molar-refractivity contribution in [1.29, 1.82) is 0 Å². The molecular formula is C21H22N4O. The molecule has 1 amide bonds. The molecule has 0 saturated carbocycles. The molecule has 0 saturated heterocycles. The molecule has 5 heteroatoms. The van der Waals surface area contributed by atoms with Gasteiger partial charge in [-0.15, -0.1) is 5.10 Å². The summed E-state index contributed by atoms with van der Waals surface area (Å²) in [5.41, 5.74) is 3.75. The van der Waals surface area contributed by atoms with Crippen LogP contribution >= 0.6 is 0 Å². The first-order valence-electron chi connectivity index (χ1n) is 8.64. The Balaban J connectivity index is 1.62. The van der Waals surface area contributed by atoms with Gasteiger partial charge in [-0.25, -0.2) is 4.68 Å². The van der Waals surface area contributed by atoms with Gasteiger partial charge in [-0.3, -0.25) is 4.79 Å². The van der Waals surface area contributed by atoms with Crippen LogP contribution in [0.2, 0.25) is 0 Å². The van der Waals surface area contributed by atoms with E-state index in [1.165, 1.54) is 6.08 Å². The highest BCUT2D eigenvalue weighted by atomic mass is 16.1. The van der Waals surface area contributed by atoms with Crippen LogP contribution < -0.4 is 5.32 Å². The largest absolute Gasteiger partial charge is 0.322 e. The quantitative estimate of drug-likeness (QED) is 0.684. The number of benzene rings is 2. The van der Waals surface area contributed by atoms with Gasteiger partial charge in [0.25, 0.3) is 0 Å². The van der Waals surface area contributed by atoms with Gasteiger partial charge < -0.3 is 5.32 Å². The molecule has 26 heavy (non-hydrogen) atoms. The number of para-hydroxylation sites is 1. The molecule has 1 heterocycles. The van der Waals surface area contributed by atoms with Gasteiger partial charge in [0, 0.05) is 11.8 Å². The number of hydrogen-bond donors (Lipinski definition) is 1. The number of carbonyl (C=O) groups excluding carboxylic acids is 1. The topological polar surface area (TPSA) is 59.8 Å². The molecule has 2 aromatic carbocycles. The molecule has 0 unspecified atom stereocenters. The van der Waals surface area contributed by atoms with E-state index in [0.717, 1.165) is 16.8 Å². The van der Waals surface area contributed by atoms with Gasteiger partial charge in [-0.2, -0.15) is 0 Å². The maximum absolute atomic E-state index is 12.2. The Kier molecular flexibility index (Phi) is 5.59. The average Bonchev–Trinajstić information content (AvgIpc) is 3.08. The molecule has 132 valence electrons. The third-order valence-electron chi connectivity index (χ3n) is 3.99. The molecule has 3 rings (SSSR count). The first-order chi connectivity index (χ1) is 12.6. The lowest BCUT2D eigenvalue weighted by atomic mass is 10.0. The van der Waals surface area contributed by atoms with Crippen molar-refractivity contribution in [3.8, 4) is 0 Å². The summed E-state index contributed by atoms with van der Waals surface area (Å²) in [6.45, 7) is 4.85. The number of rotatable bonds is 6. The van der Waals surface area contributed by atoms with Crippen molar-refractivity contribution in [2.24, 2.45) is 0 Å². The number of nitrogens with zero attached hydrogens (tertiary/aromatic N) is 3. The molecule has 0 spiro atoms. The molecule has 1 aromatic heterocycles. The second-order valence-electron chi connectivity index (χ2n) is 6.39. The summed E-state index contributed by atoms with van der Waals surface area (Å²) in [7, 11) is 0. The van der Waals surface area contributed by atoms with Crippen molar-refractivity contribution < 1.29 is 4.79 Å². The maximum atomic E-state index is 12.2. The number of anilines is 1.